The van der Waals surface area contributed by atoms with Crippen molar-refractivity contribution in [1.29, 1.82) is 0 Å². The van der Waals surface area contributed by atoms with Crippen molar-refractivity contribution in [2.24, 2.45) is 0 Å². The SMILES string of the molecule is COc1cnccc1C(C)NC(=O)NCC(C)c1c(C)noc1C. The maximum atomic E-state index is 12.2. The van der Waals surface area contributed by atoms with Crippen LogP contribution in [0.3, 0.4) is 0 Å². The second-order valence-electron chi connectivity index (χ2n) is 5.83. The number of carbonyl (C=O) groups excluding carboxylic acids is 1. The van der Waals surface area contributed by atoms with Gasteiger partial charge >= 0.3 is 6.03 Å². The fraction of sp³-hybridized carbons (Fsp3) is 0.471. The predicted octanol–water partition coefficient (Wildman–Crippen LogP) is 2.86. The van der Waals surface area contributed by atoms with Gasteiger partial charge in [0.2, 0.25) is 0 Å². The van der Waals surface area contributed by atoms with Crippen LogP contribution in [0, 0.1) is 13.8 Å². The van der Waals surface area contributed by atoms with E-state index in [9.17, 15) is 4.79 Å². The molecule has 7 nitrogen and oxygen atoms in total. The summed E-state index contributed by atoms with van der Waals surface area (Å²) < 4.78 is 10.4. The molecule has 2 N–H and O–H groups in total. The lowest BCUT2D eigenvalue weighted by Gasteiger charge is -2.18. The highest BCUT2D eigenvalue weighted by Crippen LogP contribution is 2.24. The quantitative estimate of drug-likeness (QED) is 0.849. The number of nitrogens with one attached hydrogen (secondary N) is 2. The van der Waals surface area contributed by atoms with Crippen molar-refractivity contribution in [3.63, 3.8) is 0 Å². The maximum absolute atomic E-state index is 12.2. The topological polar surface area (TPSA) is 89.3 Å². The van der Waals surface area contributed by atoms with Gasteiger partial charge in [0, 0.05) is 29.8 Å². The zero-order valence-electron chi connectivity index (χ0n) is 14.7. The van der Waals surface area contributed by atoms with Gasteiger partial charge in [0.1, 0.15) is 11.5 Å². The van der Waals surface area contributed by atoms with Gasteiger partial charge in [-0.1, -0.05) is 12.1 Å². The van der Waals surface area contributed by atoms with Crippen molar-refractivity contribution < 1.29 is 14.1 Å². The Labute approximate surface area is 141 Å². The fourth-order valence-electron chi connectivity index (χ4n) is 2.79. The van der Waals surface area contributed by atoms with E-state index in [1.807, 2.05) is 33.8 Å². The zero-order valence-corrected chi connectivity index (χ0v) is 14.7. The number of ether oxygens (including phenoxy) is 1. The fourth-order valence-corrected chi connectivity index (χ4v) is 2.79. The van der Waals surface area contributed by atoms with Crippen LogP contribution in [0.5, 0.6) is 5.75 Å². The number of pyridine rings is 1. The number of carbonyl (C=O) groups is 1. The van der Waals surface area contributed by atoms with Crippen molar-refractivity contribution in [2.45, 2.75) is 39.7 Å². The first kappa shape index (κ1) is 17.8. The van der Waals surface area contributed by atoms with Crippen molar-refractivity contribution in [1.82, 2.24) is 20.8 Å². The largest absolute Gasteiger partial charge is 0.495 e. The molecule has 2 aromatic rings. The van der Waals surface area contributed by atoms with Gasteiger partial charge in [-0.15, -0.1) is 0 Å². The summed E-state index contributed by atoms with van der Waals surface area (Å²) in [6.07, 6.45) is 3.30. The first-order valence-corrected chi connectivity index (χ1v) is 7.89. The molecule has 0 aliphatic carbocycles. The van der Waals surface area contributed by atoms with Gasteiger partial charge in [-0.25, -0.2) is 4.79 Å². The van der Waals surface area contributed by atoms with E-state index in [-0.39, 0.29) is 18.0 Å². The first-order valence-electron chi connectivity index (χ1n) is 7.89. The molecule has 0 aliphatic heterocycles. The predicted molar refractivity (Wildman–Crippen MR) is 90.1 cm³/mol. The van der Waals surface area contributed by atoms with Crippen LogP contribution in [0.15, 0.2) is 23.0 Å². The Morgan fingerprint density at radius 3 is 2.75 bits per heavy atom. The van der Waals surface area contributed by atoms with Gasteiger partial charge < -0.3 is 19.9 Å². The van der Waals surface area contributed by atoms with E-state index < -0.39 is 0 Å². The molecule has 0 aliphatic rings. The molecule has 7 heteroatoms. The van der Waals surface area contributed by atoms with Crippen LogP contribution in [0.25, 0.3) is 0 Å². The van der Waals surface area contributed by atoms with Gasteiger partial charge in [0.25, 0.3) is 0 Å². The summed E-state index contributed by atoms with van der Waals surface area (Å²) in [5.41, 5.74) is 2.78. The smallest absolute Gasteiger partial charge is 0.315 e. The van der Waals surface area contributed by atoms with Gasteiger partial charge in [-0.2, -0.15) is 0 Å². The van der Waals surface area contributed by atoms with Crippen LogP contribution in [0.4, 0.5) is 4.79 Å². The van der Waals surface area contributed by atoms with Crippen molar-refractivity contribution in [2.75, 3.05) is 13.7 Å². The molecule has 130 valence electrons. The highest BCUT2D eigenvalue weighted by molar-refractivity contribution is 5.74. The molecular formula is C17H24N4O3. The second-order valence-corrected chi connectivity index (χ2v) is 5.83. The third-order valence-electron chi connectivity index (χ3n) is 4.00. The summed E-state index contributed by atoms with van der Waals surface area (Å²) in [4.78, 5) is 16.2. The summed E-state index contributed by atoms with van der Waals surface area (Å²) in [5, 5.41) is 9.74. The average molecular weight is 332 g/mol. The lowest BCUT2D eigenvalue weighted by atomic mass is 10.00. The van der Waals surface area contributed by atoms with Gasteiger partial charge in [-0.05, 0) is 26.8 Å². The summed E-state index contributed by atoms with van der Waals surface area (Å²) >= 11 is 0. The second kappa shape index (κ2) is 7.81. The van der Waals surface area contributed by atoms with Gasteiger partial charge in [-0.3, -0.25) is 4.98 Å². The Hall–Kier alpha value is -2.57. The normalized spacial score (nSPS) is 13.2. The van der Waals surface area contributed by atoms with Crippen molar-refractivity contribution >= 4 is 6.03 Å². The monoisotopic (exact) mass is 332 g/mol. The Morgan fingerprint density at radius 2 is 2.12 bits per heavy atom. The third kappa shape index (κ3) is 4.04. The highest BCUT2D eigenvalue weighted by atomic mass is 16.5. The number of nitrogens with zero attached hydrogens (tertiary/aromatic N) is 2. The Kier molecular flexibility index (Phi) is 5.78. The van der Waals surface area contributed by atoms with E-state index in [2.05, 4.69) is 20.8 Å². The molecule has 2 unspecified atom stereocenters. The standard InChI is InChI=1S/C17H24N4O3/c1-10(16-12(3)21-24-13(16)4)8-19-17(22)20-11(2)14-6-7-18-9-15(14)23-5/h6-7,9-11H,8H2,1-5H3,(H2,19,20,22). The number of methoxy groups -OCH3 is 1. The Balaban J connectivity index is 1.91. The number of hydrogen-bond donors (Lipinski definition) is 2. The van der Waals surface area contributed by atoms with Crippen LogP contribution in [-0.4, -0.2) is 29.8 Å². The number of hydrogen-bond acceptors (Lipinski definition) is 5. The molecule has 0 bridgehead atoms. The number of aromatic nitrogens is 2. The van der Waals surface area contributed by atoms with Crippen LogP contribution in [0.2, 0.25) is 0 Å². The minimum Gasteiger partial charge on any atom is -0.495 e. The van der Waals surface area contributed by atoms with E-state index in [1.165, 1.54) is 0 Å². The minimum absolute atomic E-state index is 0.118. The molecule has 0 spiro atoms. The van der Waals surface area contributed by atoms with E-state index >= 15 is 0 Å². The lowest BCUT2D eigenvalue weighted by molar-refractivity contribution is 0.237. The molecule has 0 saturated heterocycles. The van der Waals surface area contributed by atoms with Crippen molar-refractivity contribution in [3.8, 4) is 5.75 Å². The molecule has 24 heavy (non-hydrogen) atoms. The number of aryl methyl sites for hydroxylation is 2. The molecule has 0 fully saturated rings. The molecule has 2 aromatic heterocycles. The van der Waals surface area contributed by atoms with Crippen LogP contribution < -0.4 is 15.4 Å². The molecule has 2 rings (SSSR count). The number of urea groups is 1. The van der Waals surface area contributed by atoms with Crippen molar-refractivity contribution in [3.05, 3.63) is 41.0 Å². The van der Waals surface area contributed by atoms with Gasteiger partial charge in [0.05, 0.1) is 25.0 Å². The zero-order chi connectivity index (χ0) is 17.7. The molecule has 0 radical (unpaired) electrons. The summed E-state index contributed by atoms with van der Waals surface area (Å²) in [6.45, 7) is 8.20. The number of rotatable bonds is 6. The summed E-state index contributed by atoms with van der Waals surface area (Å²) in [7, 11) is 1.58. The average Bonchev–Trinajstić information content (AvgIpc) is 2.91. The van der Waals surface area contributed by atoms with E-state index in [1.54, 1.807) is 19.5 Å². The highest BCUT2D eigenvalue weighted by Gasteiger charge is 2.18. The molecular weight excluding hydrogens is 308 g/mol. The molecule has 0 aromatic carbocycles. The molecule has 2 atom stereocenters. The van der Waals surface area contributed by atoms with E-state index in [0.29, 0.717) is 12.3 Å². The van der Waals surface area contributed by atoms with E-state index in [4.69, 9.17) is 9.26 Å². The molecule has 0 saturated carbocycles. The Bertz CT molecular complexity index is 679. The third-order valence-corrected chi connectivity index (χ3v) is 4.00. The van der Waals surface area contributed by atoms with Crippen LogP contribution >= 0.6 is 0 Å². The molecule has 2 heterocycles. The van der Waals surface area contributed by atoms with Gasteiger partial charge in [0.15, 0.2) is 0 Å². The first-order chi connectivity index (χ1) is 11.4. The Morgan fingerprint density at radius 1 is 1.38 bits per heavy atom. The maximum Gasteiger partial charge on any atom is 0.315 e. The van der Waals surface area contributed by atoms with E-state index in [0.717, 1.165) is 22.6 Å². The van der Waals surface area contributed by atoms with Crippen LogP contribution in [0.1, 0.15) is 48.4 Å². The lowest BCUT2D eigenvalue weighted by Crippen LogP contribution is -2.38. The molecule has 2 amide bonds. The number of amides is 2. The summed E-state index contributed by atoms with van der Waals surface area (Å²) in [5.74, 6) is 1.55. The minimum atomic E-state index is -0.236. The summed E-state index contributed by atoms with van der Waals surface area (Å²) in [6, 6.07) is 1.40. The van der Waals surface area contributed by atoms with Crippen LogP contribution in [-0.2, 0) is 0 Å².